The summed E-state index contributed by atoms with van der Waals surface area (Å²) < 4.78 is 10.5. The molecule has 0 aliphatic heterocycles. The van der Waals surface area contributed by atoms with Crippen LogP contribution in [0.15, 0.2) is 65.3 Å². The summed E-state index contributed by atoms with van der Waals surface area (Å²) in [6.07, 6.45) is 1.63. The maximum absolute atomic E-state index is 10.9. The van der Waals surface area contributed by atoms with Crippen molar-refractivity contribution in [2.24, 2.45) is 0 Å². The SMILES string of the molecule is CC(=O)Oc1ccc(-c2nc(-c3ccccc3)co2)cc1. The van der Waals surface area contributed by atoms with Gasteiger partial charge in [0.25, 0.3) is 0 Å². The Morgan fingerprint density at radius 2 is 1.71 bits per heavy atom. The van der Waals surface area contributed by atoms with Crippen molar-refractivity contribution in [2.45, 2.75) is 6.92 Å². The Balaban J connectivity index is 1.85. The minimum absolute atomic E-state index is 0.342. The zero-order chi connectivity index (χ0) is 14.7. The minimum Gasteiger partial charge on any atom is -0.444 e. The van der Waals surface area contributed by atoms with Gasteiger partial charge in [-0.05, 0) is 24.3 Å². The molecule has 1 aromatic heterocycles. The number of rotatable bonds is 3. The van der Waals surface area contributed by atoms with E-state index in [2.05, 4.69) is 4.98 Å². The van der Waals surface area contributed by atoms with Gasteiger partial charge in [0, 0.05) is 18.1 Å². The molecule has 0 radical (unpaired) electrons. The Labute approximate surface area is 122 Å². The molecule has 2 aromatic carbocycles. The van der Waals surface area contributed by atoms with E-state index in [1.54, 1.807) is 30.5 Å². The lowest BCUT2D eigenvalue weighted by Gasteiger charge is -2.01. The predicted octanol–water partition coefficient (Wildman–Crippen LogP) is 3.93. The fourth-order valence-corrected chi connectivity index (χ4v) is 1.98. The first-order valence-corrected chi connectivity index (χ1v) is 6.52. The molecule has 0 fully saturated rings. The summed E-state index contributed by atoms with van der Waals surface area (Å²) in [6.45, 7) is 1.37. The summed E-state index contributed by atoms with van der Waals surface area (Å²) in [5.74, 6) is 0.689. The zero-order valence-electron chi connectivity index (χ0n) is 11.4. The van der Waals surface area contributed by atoms with E-state index < -0.39 is 0 Å². The second-order valence-corrected chi connectivity index (χ2v) is 4.52. The molecule has 0 amide bonds. The van der Waals surface area contributed by atoms with Crippen LogP contribution in [0.2, 0.25) is 0 Å². The number of ether oxygens (including phenoxy) is 1. The predicted molar refractivity (Wildman–Crippen MR) is 78.7 cm³/mol. The van der Waals surface area contributed by atoms with Crippen LogP contribution in [0.5, 0.6) is 5.75 Å². The molecular weight excluding hydrogens is 266 g/mol. The van der Waals surface area contributed by atoms with Gasteiger partial charge in [0.2, 0.25) is 5.89 Å². The Hall–Kier alpha value is -2.88. The topological polar surface area (TPSA) is 52.3 Å². The molecule has 1 heterocycles. The second kappa shape index (κ2) is 5.63. The standard InChI is InChI=1S/C17H13NO3/c1-12(19)21-15-9-7-14(8-10-15)17-18-16(11-20-17)13-5-3-2-4-6-13/h2-11H,1H3. The summed E-state index contributed by atoms with van der Waals surface area (Å²) in [5, 5.41) is 0. The number of nitrogens with zero attached hydrogens (tertiary/aromatic N) is 1. The normalized spacial score (nSPS) is 10.3. The molecule has 0 atom stereocenters. The van der Waals surface area contributed by atoms with E-state index in [1.807, 2.05) is 30.3 Å². The number of benzene rings is 2. The minimum atomic E-state index is -0.342. The van der Waals surface area contributed by atoms with Gasteiger partial charge in [0.05, 0.1) is 0 Å². The van der Waals surface area contributed by atoms with E-state index in [-0.39, 0.29) is 5.97 Å². The van der Waals surface area contributed by atoms with Crippen LogP contribution >= 0.6 is 0 Å². The second-order valence-electron chi connectivity index (χ2n) is 4.52. The smallest absolute Gasteiger partial charge is 0.308 e. The molecule has 0 saturated carbocycles. The average Bonchev–Trinajstić information content (AvgIpc) is 2.98. The van der Waals surface area contributed by atoms with E-state index >= 15 is 0 Å². The number of aromatic nitrogens is 1. The first-order chi connectivity index (χ1) is 10.2. The zero-order valence-corrected chi connectivity index (χ0v) is 11.4. The molecule has 0 aliphatic carbocycles. The maximum atomic E-state index is 10.9. The maximum Gasteiger partial charge on any atom is 0.308 e. The quantitative estimate of drug-likeness (QED) is 0.538. The van der Waals surface area contributed by atoms with Gasteiger partial charge in [0.1, 0.15) is 17.7 Å². The molecule has 0 aliphatic rings. The van der Waals surface area contributed by atoms with Crippen LogP contribution in [0.4, 0.5) is 0 Å². The monoisotopic (exact) mass is 279 g/mol. The fourth-order valence-electron chi connectivity index (χ4n) is 1.98. The molecule has 21 heavy (non-hydrogen) atoms. The van der Waals surface area contributed by atoms with Crippen molar-refractivity contribution in [1.29, 1.82) is 0 Å². The van der Waals surface area contributed by atoms with E-state index in [4.69, 9.17) is 9.15 Å². The molecule has 0 N–H and O–H groups in total. The number of hydrogen-bond acceptors (Lipinski definition) is 4. The van der Waals surface area contributed by atoms with Gasteiger partial charge in [0.15, 0.2) is 0 Å². The Morgan fingerprint density at radius 3 is 2.38 bits per heavy atom. The molecule has 0 saturated heterocycles. The van der Waals surface area contributed by atoms with Crippen LogP contribution in [0, 0.1) is 0 Å². The molecule has 3 aromatic rings. The van der Waals surface area contributed by atoms with Crippen molar-refractivity contribution >= 4 is 5.97 Å². The first kappa shape index (κ1) is 13.1. The largest absolute Gasteiger partial charge is 0.444 e. The highest BCUT2D eigenvalue weighted by molar-refractivity contribution is 5.70. The van der Waals surface area contributed by atoms with Crippen molar-refractivity contribution < 1.29 is 13.9 Å². The van der Waals surface area contributed by atoms with E-state index in [0.29, 0.717) is 11.6 Å². The molecular formula is C17H13NO3. The summed E-state index contributed by atoms with van der Waals surface area (Å²) in [7, 11) is 0. The third-order valence-electron chi connectivity index (χ3n) is 2.94. The third-order valence-corrected chi connectivity index (χ3v) is 2.94. The number of oxazole rings is 1. The summed E-state index contributed by atoms with van der Waals surface area (Å²) >= 11 is 0. The lowest BCUT2D eigenvalue weighted by atomic mass is 10.2. The molecule has 4 nitrogen and oxygen atoms in total. The van der Waals surface area contributed by atoms with Gasteiger partial charge in [-0.25, -0.2) is 4.98 Å². The highest BCUT2D eigenvalue weighted by atomic mass is 16.5. The highest BCUT2D eigenvalue weighted by Crippen LogP contribution is 2.25. The van der Waals surface area contributed by atoms with Crippen molar-refractivity contribution in [1.82, 2.24) is 4.98 Å². The van der Waals surface area contributed by atoms with Crippen LogP contribution in [-0.4, -0.2) is 11.0 Å². The third kappa shape index (κ3) is 3.00. The van der Waals surface area contributed by atoms with Gasteiger partial charge >= 0.3 is 5.97 Å². The molecule has 0 bridgehead atoms. The van der Waals surface area contributed by atoms with Crippen LogP contribution in [0.3, 0.4) is 0 Å². The van der Waals surface area contributed by atoms with Gasteiger partial charge in [-0.3, -0.25) is 4.79 Å². The number of carbonyl (C=O) groups is 1. The molecule has 0 unspecified atom stereocenters. The highest BCUT2D eigenvalue weighted by Gasteiger charge is 2.08. The van der Waals surface area contributed by atoms with Gasteiger partial charge in [-0.1, -0.05) is 30.3 Å². The molecule has 0 spiro atoms. The summed E-state index contributed by atoms with van der Waals surface area (Å²) in [6, 6.07) is 16.9. The van der Waals surface area contributed by atoms with Crippen LogP contribution < -0.4 is 4.74 Å². The van der Waals surface area contributed by atoms with E-state index in [0.717, 1.165) is 16.8 Å². The Bertz CT molecular complexity index is 745. The van der Waals surface area contributed by atoms with Crippen molar-refractivity contribution in [2.75, 3.05) is 0 Å². The number of esters is 1. The fraction of sp³-hybridized carbons (Fsp3) is 0.0588. The summed E-state index contributed by atoms with van der Waals surface area (Å²) in [4.78, 5) is 15.3. The first-order valence-electron chi connectivity index (χ1n) is 6.52. The van der Waals surface area contributed by atoms with Crippen LogP contribution in [0.1, 0.15) is 6.92 Å². The lowest BCUT2D eigenvalue weighted by molar-refractivity contribution is -0.131. The summed E-state index contributed by atoms with van der Waals surface area (Å²) in [5.41, 5.74) is 2.62. The average molecular weight is 279 g/mol. The Morgan fingerprint density at radius 1 is 1.00 bits per heavy atom. The van der Waals surface area contributed by atoms with Gasteiger partial charge in [-0.15, -0.1) is 0 Å². The molecule has 4 heteroatoms. The Kier molecular flexibility index (Phi) is 3.51. The lowest BCUT2D eigenvalue weighted by Crippen LogP contribution is -2.00. The van der Waals surface area contributed by atoms with Crippen molar-refractivity contribution in [3.05, 3.63) is 60.9 Å². The van der Waals surface area contributed by atoms with Gasteiger partial charge in [-0.2, -0.15) is 0 Å². The number of carbonyl (C=O) groups excluding carboxylic acids is 1. The van der Waals surface area contributed by atoms with E-state index in [9.17, 15) is 4.79 Å². The van der Waals surface area contributed by atoms with Gasteiger partial charge < -0.3 is 9.15 Å². The number of hydrogen-bond donors (Lipinski definition) is 0. The van der Waals surface area contributed by atoms with Crippen molar-refractivity contribution in [3.8, 4) is 28.5 Å². The molecule has 3 rings (SSSR count). The van der Waals surface area contributed by atoms with E-state index in [1.165, 1.54) is 6.92 Å². The molecule has 104 valence electrons. The van der Waals surface area contributed by atoms with Crippen LogP contribution in [-0.2, 0) is 4.79 Å². The van der Waals surface area contributed by atoms with Crippen molar-refractivity contribution in [3.63, 3.8) is 0 Å². The van der Waals surface area contributed by atoms with Crippen LogP contribution in [0.25, 0.3) is 22.7 Å².